The van der Waals surface area contributed by atoms with E-state index in [1.807, 2.05) is 24.3 Å². The van der Waals surface area contributed by atoms with Gasteiger partial charge in [0.1, 0.15) is 5.75 Å². The van der Waals surface area contributed by atoms with Gasteiger partial charge in [-0.3, -0.25) is 9.59 Å². The van der Waals surface area contributed by atoms with Crippen molar-refractivity contribution in [3.63, 3.8) is 0 Å². The molecule has 0 saturated carbocycles. The quantitative estimate of drug-likeness (QED) is 0.566. The van der Waals surface area contributed by atoms with Gasteiger partial charge < -0.3 is 10.1 Å². The molecule has 0 heterocycles. The molecule has 1 aromatic rings. The van der Waals surface area contributed by atoms with E-state index in [0.29, 0.717) is 13.0 Å². The second-order valence-electron chi connectivity index (χ2n) is 3.01. The van der Waals surface area contributed by atoms with E-state index in [0.717, 1.165) is 11.3 Å². The summed E-state index contributed by atoms with van der Waals surface area (Å²) >= 11 is 0. The number of nitrogens with one attached hydrogen (secondary N) is 1. The smallest absolute Gasteiger partial charge is 0.284 e. The third-order valence-corrected chi connectivity index (χ3v) is 1.98. The molecular formula is C11H13NO3. The highest BCUT2D eigenvalue weighted by Gasteiger charge is 1.97. The fraction of sp³-hybridized carbons (Fsp3) is 0.273. The standard InChI is InChI=1S/C11H13NO3/c1-15-10-4-2-9(3-5-10)6-7-12-11(14)8-13/h2-5,8H,6-7H2,1H3,(H,12,14). The summed E-state index contributed by atoms with van der Waals surface area (Å²) in [7, 11) is 1.61. The first-order valence-corrected chi connectivity index (χ1v) is 4.62. The molecule has 0 unspecified atom stereocenters. The first kappa shape index (κ1) is 11.2. The Balaban J connectivity index is 2.37. The van der Waals surface area contributed by atoms with Crippen LogP contribution in [0.15, 0.2) is 24.3 Å². The summed E-state index contributed by atoms with van der Waals surface area (Å²) in [6, 6.07) is 7.56. The van der Waals surface area contributed by atoms with Crippen LogP contribution >= 0.6 is 0 Å². The van der Waals surface area contributed by atoms with E-state index < -0.39 is 5.91 Å². The van der Waals surface area contributed by atoms with Gasteiger partial charge in [0.2, 0.25) is 6.29 Å². The number of benzene rings is 1. The van der Waals surface area contributed by atoms with Crippen LogP contribution in [-0.4, -0.2) is 25.8 Å². The number of carbonyl (C=O) groups is 2. The molecule has 0 spiro atoms. The van der Waals surface area contributed by atoms with E-state index in [-0.39, 0.29) is 6.29 Å². The molecule has 4 heteroatoms. The number of aldehydes is 1. The molecule has 1 N–H and O–H groups in total. The van der Waals surface area contributed by atoms with Gasteiger partial charge >= 0.3 is 0 Å². The van der Waals surface area contributed by atoms with E-state index in [2.05, 4.69) is 5.32 Å². The van der Waals surface area contributed by atoms with E-state index in [9.17, 15) is 9.59 Å². The minimum absolute atomic E-state index is 0.272. The lowest BCUT2D eigenvalue weighted by Gasteiger charge is -2.03. The maximum Gasteiger partial charge on any atom is 0.284 e. The fourth-order valence-corrected chi connectivity index (χ4v) is 1.16. The molecule has 1 aromatic carbocycles. The second kappa shape index (κ2) is 5.80. The Morgan fingerprint density at radius 2 is 2.07 bits per heavy atom. The summed E-state index contributed by atoms with van der Waals surface area (Å²) < 4.78 is 5.01. The van der Waals surface area contributed by atoms with Crippen molar-refractivity contribution in [2.24, 2.45) is 0 Å². The average Bonchev–Trinajstić information content (AvgIpc) is 2.29. The zero-order chi connectivity index (χ0) is 11.1. The molecule has 15 heavy (non-hydrogen) atoms. The molecule has 0 radical (unpaired) electrons. The Kier molecular flexibility index (Phi) is 4.34. The third-order valence-electron chi connectivity index (χ3n) is 1.98. The van der Waals surface area contributed by atoms with Crippen molar-refractivity contribution in [1.29, 1.82) is 0 Å². The Morgan fingerprint density at radius 1 is 1.40 bits per heavy atom. The summed E-state index contributed by atoms with van der Waals surface area (Å²) in [6.07, 6.45) is 0.970. The number of ether oxygens (including phenoxy) is 1. The van der Waals surface area contributed by atoms with Crippen molar-refractivity contribution in [3.8, 4) is 5.75 Å². The molecule has 0 aliphatic heterocycles. The lowest BCUT2D eigenvalue weighted by atomic mass is 10.1. The van der Waals surface area contributed by atoms with E-state index >= 15 is 0 Å². The second-order valence-corrected chi connectivity index (χ2v) is 3.01. The van der Waals surface area contributed by atoms with Crippen LogP contribution in [0.1, 0.15) is 5.56 Å². The lowest BCUT2D eigenvalue weighted by Crippen LogP contribution is -2.26. The summed E-state index contributed by atoms with van der Waals surface area (Å²) in [5.41, 5.74) is 1.09. The summed E-state index contributed by atoms with van der Waals surface area (Å²) in [5.74, 6) is 0.221. The van der Waals surface area contributed by atoms with E-state index in [1.165, 1.54) is 0 Å². The molecule has 0 atom stereocenters. The number of hydrogen-bond donors (Lipinski definition) is 1. The van der Waals surface area contributed by atoms with Gasteiger partial charge in [-0.2, -0.15) is 0 Å². The highest BCUT2D eigenvalue weighted by Crippen LogP contribution is 2.11. The molecule has 0 aliphatic carbocycles. The predicted octanol–water partition coefficient (Wildman–Crippen LogP) is 0.553. The van der Waals surface area contributed by atoms with Crippen molar-refractivity contribution in [2.45, 2.75) is 6.42 Å². The van der Waals surface area contributed by atoms with Crippen molar-refractivity contribution >= 4 is 12.2 Å². The van der Waals surface area contributed by atoms with Crippen LogP contribution in [0.25, 0.3) is 0 Å². The Morgan fingerprint density at radius 3 is 2.60 bits per heavy atom. The van der Waals surface area contributed by atoms with Gasteiger partial charge in [-0.15, -0.1) is 0 Å². The zero-order valence-corrected chi connectivity index (χ0v) is 8.53. The van der Waals surface area contributed by atoms with Crippen LogP contribution in [-0.2, 0) is 16.0 Å². The van der Waals surface area contributed by atoms with Crippen LogP contribution in [0.3, 0.4) is 0 Å². The molecule has 0 fully saturated rings. The van der Waals surface area contributed by atoms with E-state index in [4.69, 9.17) is 4.74 Å². The van der Waals surface area contributed by atoms with Crippen LogP contribution in [0.5, 0.6) is 5.75 Å². The Labute approximate surface area is 88.2 Å². The molecule has 0 aliphatic rings. The molecule has 4 nitrogen and oxygen atoms in total. The van der Waals surface area contributed by atoms with Crippen molar-refractivity contribution in [1.82, 2.24) is 5.32 Å². The summed E-state index contributed by atoms with van der Waals surface area (Å²) in [6.45, 7) is 0.462. The third kappa shape index (κ3) is 3.81. The predicted molar refractivity (Wildman–Crippen MR) is 55.8 cm³/mol. The van der Waals surface area contributed by atoms with Gasteiger partial charge in [-0.25, -0.2) is 0 Å². The van der Waals surface area contributed by atoms with Crippen LogP contribution < -0.4 is 10.1 Å². The minimum atomic E-state index is -0.580. The summed E-state index contributed by atoms with van der Waals surface area (Å²) in [5, 5.41) is 2.47. The van der Waals surface area contributed by atoms with Gasteiger partial charge in [-0.05, 0) is 24.1 Å². The minimum Gasteiger partial charge on any atom is -0.497 e. The first-order chi connectivity index (χ1) is 7.26. The van der Waals surface area contributed by atoms with Crippen LogP contribution in [0.2, 0.25) is 0 Å². The number of hydrogen-bond acceptors (Lipinski definition) is 3. The number of carbonyl (C=O) groups excluding carboxylic acids is 2. The van der Waals surface area contributed by atoms with E-state index in [1.54, 1.807) is 7.11 Å². The number of amides is 1. The van der Waals surface area contributed by atoms with Crippen molar-refractivity contribution < 1.29 is 14.3 Å². The molecule has 0 aromatic heterocycles. The van der Waals surface area contributed by atoms with Crippen molar-refractivity contribution in [3.05, 3.63) is 29.8 Å². The molecule has 0 bridgehead atoms. The highest BCUT2D eigenvalue weighted by atomic mass is 16.5. The lowest BCUT2D eigenvalue weighted by molar-refractivity contribution is -0.131. The Bertz CT molecular complexity index is 332. The highest BCUT2D eigenvalue weighted by molar-refractivity contribution is 6.23. The first-order valence-electron chi connectivity index (χ1n) is 4.62. The number of methoxy groups -OCH3 is 1. The molecule has 1 rings (SSSR count). The maximum absolute atomic E-state index is 10.6. The molecule has 0 saturated heterocycles. The van der Waals surface area contributed by atoms with Crippen LogP contribution in [0.4, 0.5) is 0 Å². The van der Waals surface area contributed by atoms with Crippen molar-refractivity contribution in [2.75, 3.05) is 13.7 Å². The average molecular weight is 207 g/mol. The van der Waals surface area contributed by atoms with Gasteiger partial charge in [0.05, 0.1) is 7.11 Å². The fourth-order valence-electron chi connectivity index (χ4n) is 1.16. The number of rotatable bonds is 5. The molecule has 80 valence electrons. The SMILES string of the molecule is COc1ccc(CCNC(=O)C=O)cc1. The largest absolute Gasteiger partial charge is 0.497 e. The monoisotopic (exact) mass is 207 g/mol. The Hall–Kier alpha value is -1.84. The molecule has 1 amide bonds. The molecular weight excluding hydrogens is 194 g/mol. The maximum atomic E-state index is 10.6. The normalized spacial score (nSPS) is 9.40. The summed E-state index contributed by atoms with van der Waals surface area (Å²) in [4.78, 5) is 20.6. The van der Waals surface area contributed by atoms with Crippen LogP contribution in [0, 0.1) is 0 Å². The van der Waals surface area contributed by atoms with Gasteiger partial charge in [0.15, 0.2) is 0 Å². The zero-order valence-electron chi connectivity index (χ0n) is 8.53. The van der Waals surface area contributed by atoms with Gasteiger partial charge in [-0.1, -0.05) is 12.1 Å². The topological polar surface area (TPSA) is 55.4 Å². The van der Waals surface area contributed by atoms with Gasteiger partial charge in [0, 0.05) is 6.54 Å². The van der Waals surface area contributed by atoms with Gasteiger partial charge in [0.25, 0.3) is 5.91 Å².